The first kappa shape index (κ1) is 22.8. The lowest BCUT2D eigenvalue weighted by Gasteiger charge is -1.95. The third-order valence-electron chi connectivity index (χ3n) is 4.11. The molecule has 0 aliphatic rings. The van der Waals surface area contributed by atoms with Gasteiger partial charge in [-0.05, 0) is 59.8 Å². The van der Waals surface area contributed by atoms with Gasteiger partial charge in [0, 0.05) is 37.2 Å². The summed E-state index contributed by atoms with van der Waals surface area (Å²) in [7, 11) is 0. The van der Waals surface area contributed by atoms with Crippen LogP contribution in [0.1, 0.15) is 0 Å². The van der Waals surface area contributed by atoms with Crippen LogP contribution in [-0.4, -0.2) is 61.0 Å². The summed E-state index contributed by atoms with van der Waals surface area (Å²) in [6.07, 6.45) is 10.0. The van der Waals surface area contributed by atoms with E-state index in [9.17, 15) is 0 Å². The van der Waals surface area contributed by atoms with E-state index < -0.39 is 0 Å². The molecule has 0 fully saturated rings. The van der Waals surface area contributed by atoms with E-state index in [2.05, 4.69) is 61.0 Å². The van der Waals surface area contributed by atoms with Crippen molar-refractivity contribution in [2.24, 2.45) is 0 Å². The molecule has 0 spiro atoms. The molecule has 12 nitrogen and oxygen atoms in total. The average Bonchev–Trinajstić information content (AvgIpc) is 3.52. The van der Waals surface area contributed by atoms with Gasteiger partial charge >= 0.3 is 0 Å². The van der Waals surface area contributed by atoms with Gasteiger partial charge in [0.15, 0.2) is 5.82 Å². The van der Waals surface area contributed by atoms with Crippen LogP contribution in [0.5, 0.6) is 0 Å². The zero-order chi connectivity index (χ0) is 24.0. The quantitative estimate of drug-likeness (QED) is 0.412. The highest BCUT2D eigenvalue weighted by molar-refractivity contribution is 5.52. The topological polar surface area (TPSA) is 158 Å². The molecule has 1 N–H and O–H groups in total. The van der Waals surface area contributed by atoms with Gasteiger partial charge in [0.2, 0.25) is 5.82 Å². The van der Waals surface area contributed by atoms with Crippen LogP contribution in [0.3, 0.4) is 0 Å². The second kappa shape index (κ2) is 12.6. The number of pyridine rings is 2. The Morgan fingerprint density at radius 2 is 1.03 bits per heavy atom. The van der Waals surface area contributed by atoms with Gasteiger partial charge < -0.3 is 0 Å². The second-order valence-corrected chi connectivity index (χ2v) is 6.46. The Morgan fingerprint density at radius 1 is 0.429 bits per heavy atom. The van der Waals surface area contributed by atoms with Gasteiger partial charge in [-0.1, -0.05) is 12.1 Å². The van der Waals surface area contributed by atoms with E-state index in [-0.39, 0.29) is 0 Å². The summed E-state index contributed by atoms with van der Waals surface area (Å²) in [5, 5.41) is 28.6. The molecule has 6 aromatic rings. The lowest BCUT2D eigenvalue weighted by molar-refractivity contribution is 0.881. The molecule has 0 saturated heterocycles. The van der Waals surface area contributed by atoms with Gasteiger partial charge in [-0.25, -0.2) is 9.97 Å². The molecule has 170 valence electrons. The van der Waals surface area contributed by atoms with Crippen molar-refractivity contribution in [2.45, 2.75) is 0 Å². The van der Waals surface area contributed by atoms with Crippen LogP contribution in [0.25, 0.3) is 34.4 Å². The highest BCUT2D eigenvalue weighted by Gasteiger charge is 2.01. The predicted molar refractivity (Wildman–Crippen MR) is 126 cm³/mol. The highest BCUT2D eigenvalue weighted by atomic mass is 15.5. The molecule has 0 bridgehead atoms. The highest BCUT2D eigenvalue weighted by Crippen LogP contribution is 2.10. The molecule has 0 radical (unpaired) electrons. The Labute approximate surface area is 199 Å². The standard InChI is InChI=1S/C9H7N3.C8H6N4.C6H5N5/c1-2-6-10-8(4-1)9-5-3-7-11-12-9;1-3-7(12-11-6-1)8-9-4-2-5-10-8;1-2-4-7-5(3-1)6-8-10-11-9-6/h1-7H;1-6H;1-4H,(H,8,9,10,11). The molecule has 0 aliphatic heterocycles. The first-order chi connectivity index (χ1) is 17.4. The van der Waals surface area contributed by atoms with Crippen molar-refractivity contribution in [2.75, 3.05) is 0 Å². The van der Waals surface area contributed by atoms with E-state index in [1.54, 1.807) is 49.3 Å². The van der Waals surface area contributed by atoms with Crippen molar-refractivity contribution in [3.8, 4) is 34.4 Å². The largest absolute Gasteiger partial charge is 0.255 e. The summed E-state index contributed by atoms with van der Waals surface area (Å²) >= 11 is 0. The molecule has 0 aromatic carbocycles. The number of hydrogen-bond donors (Lipinski definition) is 1. The summed E-state index contributed by atoms with van der Waals surface area (Å²) in [5.74, 6) is 1.12. The number of aromatic nitrogens is 12. The number of nitrogens with one attached hydrogen (secondary N) is 1. The van der Waals surface area contributed by atoms with Crippen molar-refractivity contribution < 1.29 is 0 Å². The summed E-state index contributed by atoms with van der Waals surface area (Å²) in [4.78, 5) is 16.3. The van der Waals surface area contributed by atoms with Crippen molar-refractivity contribution in [1.82, 2.24) is 61.0 Å². The van der Waals surface area contributed by atoms with Crippen molar-refractivity contribution in [3.05, 3.63) is 104 Å². The van der Waals surface area contributed by atoms with Crippen LogP contribution in [-0.2, 0) is 0 Å². The molecule has 12 heteroatoms. The molecular weight excluding hydrogens is 444 g/mol. The fourth-order valence-corrected chi connectivity index (χ4v) is 2.57. The number of nitrogens with zero attached hydrogens (tertiary/aromatic N) is 11. The lowest BCUT2D eigenvalue weighted by atomic mass is 10.2. The minimum absolute atomic E-state index is 0.519. The molecular formula is C23H18N12. The minimum Gasteiger partial charge on any atom is -0.255 e. The maximum absolute atomic E-state index is 4.15. The average molecular weight is 462 g/mol. The molecule has 0 unspecified atom stereocenters. The van der Waals surface area contributed by atoms with Gasteiger partial charge in [-0.15, -0.1) is 20.4 Å². The van der Waals surface area contributed by atoms with Crippen molar-refractivity contribution >= 4 is 0 Å². The maximum Gasteiger partial charge on any atom is 0.222 e. The van der Waals surface area contributed by atoms with E-state index in [1.807, 2.05) is 54.6 Å². The molecule has 0 atom stereocenters. The van der Waals surface area contributed by atoms with Gasteiger partial charge in [0.25, 0.3) is 0 Å². The third kappa shape index (κ3) is 7.05. The van der Waals surface area contributed by atoms with Crippen LogP contribution >= 0.6 is 0 Å². The second-order valence-electron chi connectivity index (χ2n) is 6.46. The number of tetrazole rings is 1. The van der Waals surface area contributed by atoms with Crippen LogP contribution in [0, 0.1) is 0 Å². The summed E-state index contributed by atoms with van der Waals surface area (Å²) in [6.45, 7) is 0. The van der Waals surface area contributed by atoms with Crippen LogP contribution in [0.4, 0.5) is 0 Å². The number of H-pyrrole nitrogens is 1. The molecule has 6 heterocycles. The molecule has 6 rings (SSSR count). The first-order valence-corrected chi connectivity index (χ1v) is 10.3. The summed E-state index contributed by atoms with van der Waals surface area (Å²) in [6, 6.07) is 20.4. The van der Waals surface area contributed by atoms with Gasteiger partial charge in [-0.2, -0.15) is 15.4 Å². The monoisotopic (exact) mass is 462 g/mol. The van der Waals surface area contributed by atoms with E-state index in [0.717, 1.165) is 17.1 Å². The zero-order valence-corrected chi connectivity index (χ0v) is 18.2. The molecule has 0 amide bonds. The predicted octanol–water partition coefficient (Wildman–Crippen LogP) is 2.73. The number of rotatable bonds is 3. The Kier molecular flexibility index (Phi) is 8.20. The molecule has 35 heavy (non-hydrogen) atoms. The normalized spacial score (nSPS) is 9.71. The van der Waals surface area contributed by atoms with Gasteiger partial charge in [0.1, 0.15) is 17.1 Å². The number of aromatic amines is 1. The summed E-state index contributed by atoms with van der Waals surface area (Å²) in [5.41, 5.74) is 3.07. The lowest BCUT2D eigenvalue weighted by Crippen LogP contribution is -1.90. The SMILES string of the molecule is c1ccc(-c2cccnn2)nc1.c1ccc(-c2nn[nH]n2)nc1.c1cnc(-c2cccnn2)nc1. The van der Waals surface area contributed by atoms with Crippen LogP contribution in [0.2, 0.25) is 0 Å². The van der Waals surface area contributed by atoms with Gasteiger partial charge in [0.05, 0.1) is 5.69 Å². The smallest absolute Gasteiger partial charge is 0.222 e. The fourth-order valence-electron chi connectivity index (χ4n) is 2.57. The molecule has 6 aromatic heterocycles. The molecule has 0 aliphatic carbocycles. The van der Waals surface area contributed by atoms with E-state index in [4.69, 9.17) is 0 Å². The van der Waals surface area contributed by atoms with Gasteiger partial charge in [-0.3, -0.25) is 9.97 Å². The third-order valence-corrected chi connectivity index (χ3v) is 4.11. The Morgan fingerprint density at radius 3 is 1.57 bits per heavy atom. The minimum atomic E-state index is 0.519. The Hall–Kier alpha value is -5.39. The van der Waals surface area contributed by atoms with Crippen molar-refractivity contribution in [1.29, 1.82) is 0 Å². The van der Waals surface area contributed by atoms with Crippen LogP contribution in [0.15, 0.2) is 104 Å². The van der Waals surface area contributed by atoms with E-state index in [1.165, 1.54) is 0 Å². The van der Waals surface area contributed by atoms with Crippen LogP contribution < -0.4 is 0 Å². The fraction of sp³-hybridized carbons (Fsp3) is 0. The summed E-state index contributed by atoms with van der Waals surface area (Å²) < 4.78 is 0. The zero-order valence-electron chi connectivity index (χ0n) is 18.2. The Balaban J connectivity index is 0.000000124. The Bertz CT molecular complexity index is 1200. The first-order valence-electron chi connectivity index (χ1n) is 10.3. The van der Waals surface area contributed by atoms with Crippen molar-refractivity contribution in [3.63, 3.8) is 0 Å². The molecule has 0 saturated carbocycles. The van der Waals surface area contributed by atoms with E-state index in [0.29, 0.717) is 17.3 Å². The number of hydrogen-bond acceptors (Lipinski definition) is 11. The maximum atomic E-state index is 4.15. The van der Waals surface area contributed by atoms with E-state index >= 15 is 0 Å².